The summed E-state index contributed by atoms with van der Waals surface area (Å²) in [5, 5.41) is 3.59. The van der Waals surface area contributed by atoms with Crippen molar-refractivity contribution >= 4 is 0 Å². The third kappa shape index (κ3) is 4.22. The molecule has 2 rings (SSSR count). The molecule has 0 spiro atoms. The van der Waals surface area contributed by atoms with E-state index in [4.69, 9.17) is 4.74 Å². The van der Waals surface area contributed by atoms with Crippen molar-refractivity contribution in [2.75, 3.05) is 33.8 Å². The van der Waals surface area contributed by atoms with Crippen LogP contribution in [0, 0.1) is 12.8 Å². The summed E-state index contributed by atoms with van der Waals surface area (Å²) in [4.78, 5) is 2.44. The molecular weight excluding hydrogens is 236 g/mol. The summed E-state index contributed by atoms with van der Waals surface area (Å²) in [6.45, 7) is 6.65. The van der Waals surface area contributed by atoms with Gasteiger partial charge < -0.3 is 15.0 Å². The maximum atomic E-state index is 5.29. The molecule has 1 fully saturated rings. The lowest BCUT2D eigenvalue weighted by atomic mass is 9.98. The summed E-state index contributed by atoms with van der Waals surface area (Å²) >= 11 is 0. The molecule has 1 atom stereocenters. The Kier molecular flexibility index (Phi) is 5.23. The summed E-state index contributed by atoms with van der Waals surface area (Å²) in [6, 6.07) is 6.41. The monoisotopic (exact) mass is 262 g/mol. The molecule has 1 aliphatic rings. The number of rotatable bonds is 5. The first kappa shape index (κ1) is 14.4. The maximum absolute atomic E-state index is 5.29. The number of hydrogen-bond acceptors (Lipinski definition) is 3. The third-order valence-electron chi connectivity index (χ3n) is 3.94. The molecule has 0 saturated carbocycles. The van der Waals surface area contributed by atoms with E-state index >= 15 is 0 Å². The zero-order chi connectivity index (χ0) is 13.7. The van der Waals surface area contributed by atoms with Gasteiger partial charge in [0.25, 0.3) is 0 Å². The number of piperidine rings is 1. The van der Waals surface area contributed by atoms with Gasteiger partial charge in [-0.1, -0.05) is 12.1 Å². The van der Waals surface area contributed by atoms with Crippen LogP contribution in [0.2, 0.25) is 0 Å². The molecule has 1 aromatic carbocycles. The van der Waals surface area contributed by atoms with Gasteiger partial charge in [-0.15, -0.1) is 0 Å². The lowest BCUT2D eigenvalue weighted by Gasteiger charge is -2.29. The summed E-state index contributed by atoms with van der Waals surface area (Å²) in [5.74, 6) is 1.77. The standard InChI is InChI=1S/C16H26N2O/c1-13-9-14(6-7-16(13)19-3)10-17-11-15-5-4-8-18(2)12-15/h6-7,9,15,17H,4-5,8,10-12H2,1-3H3. The summed E-state index contributed by atoms with van der Waals surface area (Å²) in [7, 11) is 3.94. The number of aryl methyl sites for hydroxylation is 1. The molecule has 106 valence electrons. The molecule has 1 aromatic rings. The number of methoxy groups -OCH3 is 1. The van der Waals surface area contributed by atoms with Crippen LogP contribution >= 0.6 is 0 Å². The Bertz CT molecular complexity index is 406. The third-order valence-corrected chi connectivity index (χ3v) is 3.94. The molecule has 0 radical (unpaired) electrons. The van der Waals surface area contributed by atoms with E-state index in [1.165, 1.54) is 37.1 Å². The van der Waals surface area contributed by atoms with Gasteiger partial charge in [0.1, 0.15) is 5.75 Å². The largest absolute Gasteiger partial charge is 0.496 e. The number of hydrogen-bond donors (Lipinski definition) is 1. The topological polar surface area (TPSA) is 24.5 Å². The maximum Gasteiger partial charge on any atom is 0.121 e. The molecule has 0 aliphatic carbocycles. The molecular formula is C16H26N2O. The minimum Gasteiger partial charge on any atom is -0.496 e. The van der Waals surface area contributed by atoms with Crippen LogP contribution in [0.25, 0.3) is 0 Å². The average molecular weight is 262 g/mol. The number of benzene rings is 1. The lowest BCUT2D eigenvalue weighted by molar-refractivity contribution is 0.206. The highest BCUT2D eigenvalue weighted by atomic mass is 16.5. The molecule has 3 nitrogen and oxygen atoms in total. The van der Waals surface area contributed by atoms with Gasteiger partial charge in [0.15, 0.2) is 0 Å². The highest BCUT2D eigenvalue weighted by molar-refractivity contribution is 5.36. The van der Waals surface area contributed by atoms with E-state index in [0.29, 0.717) is 0 Å². The average Bonchev–Trinajstić information content (AvgIpc) is 2.39. The van der Waals surface area contributed by atoms with Crippen molar-refractivity contribution in [1.82, 2.24) is 10.2 Å². The van der Waals surface area contributed by atoms with Crippen molar-refractivity contribution in [3.05, 3.63) is 29.3 Å². The van der Waals surface area contributed by atoms with E-state index in [-0.39, 0.29) is 0 Å². The Hall–Kier alpha value is -1.06. The van der Waals surface area contributed by atoms with Gasteiger partial charge in [0.2, 0.25) is 0 Å². The second kappa shape index (κ2) is 6.92. The highest BCUT2D eigenvalue weighted by Gasteiger charge is 2.16. The van der Waals surface area contributed by atoms with Crippen LogP contribution in [-0.4, -0.2) is 38.7 Å². The molecule has 1 saturated heterocycles. The van der Waals surface area contributed by atoms with Gasteiger partial charge in [0, 0.05) is 13.1 Å². The molecule has 1 N–H and O–H groups in total. The van der Waals surface area contributed by atoms with E-state index in [9.17, 15) is 0 Å². The zero-order valence-corrected chi connectivity index (χ0v) is 12.4. The first-order chi connectivity index (χ1) is 9.19. The predicted molar refractivity (Wildman–Crippen MR) is 79.7 cm³/mol. The normalized spacial score (nSPS) is 20.5. The zero-order valence-electron chi connectivity index (χ0n) is 12.4. The Balaban J connectivity index is 1.77. The van der Waals surface area contributed by atoms with E-state index in [1.807, 2.05) is 0 Å². The number of nitrogens with one attached hydrogen (secondary N) is 1. The number of likely N-dealkylation sites (tertiary alicyclic amines) is 1. The predicted octanol–water partition coefficient (Wildman–Crippen LogP) is 2.44. The van der Waals surface area contributed by atoms with E-state index in [2.05, 4.69) is 42.4 Å². The number of nitrogens with zero attached hydrogens (tertiary/aromatic N) is 1. The van der Waals surface area contributed by atoms with Crippen molar-refractivity contribution in [2.45, 2.75) is 26.3 Å². The van der Waals surface area contributed by atoms with Crippen molar-refractivity contribution in [3.63, 3.8) is 0 Å². The van der Waals surface area contributed by atoms with E-state index in [1.54, 1.807) is 7.11 Å². The fourth-order valence-electron chi connectivity index (χ4n) is 2.91. The van der Waals surface area contributed by atoms with Crippen LogP contribution in [0.5, 0.6) is 5.75 Å². The van der Waals surface area contributed by atoms with Crippen LogP contribution in [0.1, 0.15) is 24.0 Å². The molecule has 0 amide bonds. The molecule has 1 heterocycles. The van der Waals surface area contributed by atoms with Crippen LogP contribution < -0.4 is 10.1 Å². The summed E-state index contributed by atoms with van der Waals surface area (Å²) < 4.78 is 5.29. The molecule has 1 aliphatic heterocycles. The van der Waals surface area contributed by atoms with Crippen LogP contribution in [0.4, 0.5) is 0 Å². The van der Waals surface area contributed by atoms with Gasteiger partial charge in [-0.25, -0.2) is 0 Å². The second-order valence-corrected chi connectivity index (χ2v) is 5.71. The number of ether oxygens (including phenoxy) is 1. The fraction of sp³-hybridized carbons (Fsp3) is 0.625. The molecule has 1 unspecified atom stereocenters. The Morgan fingerprint density at radius 2 is 2.26 bits per heavy atom. The molecule has 0 aromatic heterocycles. The second-order valence-electron chi connectivity index (χ2n) is 5.71. The Morgan fingerprint density at radius 1 is 1.42 bits per heavy atom. The molecule has 19 heavy (non-hydrogen) atoms. The van der Waals surface area contributed by atoms with Gasteiger partial charge in [-0.05, 0) is 63.0 Å². The van der Waals surface area contributed by atoms with Gasteiger partial charge in [-0.2, -0.15) is 0 Å². The summed E-state index contributed by atoms with van der Waals surface area (Å²) in [5.41, 5.74) is 2.54. The van der Waals surface area contributed by atoms with Crippen LogP contribution in [0.3, 0.4) is 0 Å². The quantitative estimate of drug-likeness (QED) is 0.882. The van der Waals surface area contributed by atoms with Crippen LogP contribution in [-0.2, 0) is 6.54 Å². The van der Waals surface area contributed by atoms with Gasteiger partial charge in [-0.3, -0.25) is 0 Å². The van der Waals surface area contributed by atoms with Crippen molar-refractivity contribution in [3.8, 4) is 5.75 Å². The van der Waals surface area contributed by atoms with Gasteiger partial charge >= 0.3 is 0 Å². The van der Waals surface area contributed by atoms with E-state index < -0.39 is 0 Å². The van der Waals surface area contributed by atoms with Crippen molar-refractivity contribution < 1.29 is 4.74 Å². The van der Waals surface area contributed by atoms with Crippen LogP contribution in [0.15, 0.2) is 18.2 Å². The summed E-state index contributed by atoms with van der Waals surface area (Å²) in [6.07, 6.45) is 2.70. The smallest absolute Gasteiger partial charge is 0.121 e. The first-order valence-corrected chi connectivity index (χ1v) is 7.22. The van der Waals surface area contributed by atoms with Crippen molar-refractivity contribution in [1.29, 1.82) is 0 Å². The first-order valence-electron chi connectivity index (χ1n) is 7.22. The lowest BCUT2D eigenvalue weighted by Crippen LogP contribution is -2.37. The molecule has 0 bridgehead atoms. The minimum absolute atomic E-state index is 0.804. The van der Waals surface area contributed by atoms with Gasteiger partial charge in [0.05, 0.1) is 7.11 Å². The molecule has 3 heteroatoms. The Labute approximate surface area is 116 Å². The van der Waals surface area contributed by atoms with E-state index in [0.717, 1.165) is 24.8 Å². The SMILES string of the molecule is COc1ccc(CNCC2CCCN(C)C2)cc1C. The Morgan fingerprint density at radius 3 is 2.95 bits per heavy atom. The highest BCUT2D eigenvalue weighted by Crippen LogP contribution is 2.18. The minimum atomic E-state index is 0.804. The fourth-order valence-corrected chi connectivity index (χ4v) is 2.91. The van der Waals surface area contributed by atoms with Crippen molar-refractivity contribution in [2.24, 2.45) is 5.92 Å².